The maximum atomic E-state index is 12.2. The average Bonchev–Trinajstić information content (AvgIpc) is 2.80. The van der Waals surface area contributed by atoms with Gasteiger partial charge < -0.3 is 15.0 Å². The van der Waals surface area contributed by atoms with Crippen LogP contribution in [0.25, 0.3) is 11.0 Å². The second kappa shape index (κ2) is 6.05. The van der Waals surface area contributed by atoms with Gasteiger partial charge in [0.2, 0.25) is 5.91 Å². The summed E-state index contributed by atoms with van der Waals surface area (Å²) in [6.07, 6.45) is 1.81. The molecule has 0 aliphatic heterocycles. The molecular weight excluding hydrogens is 254 g/mol. The molecule has 20 heavy (non-hydrogen) atoms. The number of carbonyl (C=O) groups excluding carboxylic acids is 1. The lowest BCUT2D eigenvalue weighted by Crippen LogP contribution is -2.38. The lowest BCUT2D eigenvalue weighted by atomic mass is 10.1. The number of rotatable bonds is 5. The number of hydrogen-bond donors (Lipinski definition) is 2. The number of aromatic nitrogens is 2. The Balaban J connectivity index is 2.10. The van der Waals surface area contributed by atoms with E-state index in [4.69, 9.17) is 0 Å². The van der Waals surface area contributed by atoms with Crippen molar-refractivity contribution in [2.75, 3.05) is 0 Å². The van der Waals surface area contributed by atoms with Crippen molar-refractivity contribution < 1.29 is 9.90 Å². The summed E-state index contributed by atoms with van der Waals surface area (Å²) in [5.74, 6) is -0.0682. The monoisotopic (exact) mass is 275 g/mol. The van der Waals surface area contributed by atoms with E-state index >= 15 is 0 Å². The quantitative estimate of drug-likeness (QED) is 0.875. The molecule has 0 saturated carbocycles. The van der Waals surface area contributed by atoms with E-state index in [1.54, 1.807) is 13.3 Å². The molecule has 5 nitrogen and oxygen atoms in total. The number of nitrogens with zero attached hydrogens (tertiary/aromatic N) is 2. The molecule has 108 valence electrons. The SMILES string of the molecule is CC(O)CC(C)NC(=O)C(C)n1cnc2ccccc21. The largest absolute Gasteiger partial charge is 0.393 e. The summed E-state index contributed by atoms with van der Waals surface area (Å²) >= 11 is 0. The molecule has 3 unspecified atom stereocenters. The second-order valence-corrected chi connectivity index (χ2v) is 5.31. The van der Waals surface area contributed by atoms with Crippen LogP contribution in [-0.2, 0) is 4.79 Å². The third kappa shape index (κ3) is 3.17. The summed E-state index contributed by atoms with van der Waals surface area (Å²) in [5.41, 5.74) is 1.82. The maximum Gasteiger partial charge on any atom is 0.243 e. The molecule has 1 amide bonds. The van der Waals surface area contributed by atoms with Crippen molar-refractivity contribution in [3.05, 3.63) is 30.6 Å². The first-order chi connectivity index (χ1) is 9.49. The predicted octanol–water partition coefficient (Wildman–Crippen LogP) is 1.87. The minimum Gasteiger partial charge on any atom is -0.393 e. The highest BCUT2D eigenvalue weighted by Crippen LogP contribution is 2.17. The highest BCUT2D eigenvalue weighted by molar-refractivity contribution is 5.83. The summed E-state index contributed by atoms with van der Waals surface area (Å²) in [6.45, 7) is 5.46. The summed E-state index contributed by atoms with van der Waals surface area (Å²) in [7, 11) is 0. The molecule has 2 rings (SSSR count). The Hall–Kier alpha value is -1.88. The lowest BCUT2D eigenvalue weighted by Gasteiger charge is -2.19. The third-order valence-corrected chi connectivity index (χ3v) is 3.36. The minimum absolute atomic E-state index is 0.0558. The van der Waals surface area contributed by atoms with Crippen molar-refractivity contribution in [2.45, 2.75) is 45.4 Å². The number of benzene rings is 1. The van der Waals surface area contributed by atoms with Crippen LogP contribution in [-0.4, -0.2) is 32.7 Å². The molecule has 0 aliphatic rings. The summed E-state index contributed by atoms with van der Waals surface area (Å²) in [4.78, 5) is 16.5. The van der Waals surface area contributed by atoms with Crippen LogP contribution in [0.2, 0.25) is 0 Å². The van der Waals surface area contributed by atoms with E-state index in [2.05, 4.69) is 10.3 Å². The average molecular weight is 275 g/mol. The van der Waals surface area contributed by atoms with Crippen molar-refractivity contribution in [1.29, 1.82) is 0 Å². The fourth-order valence-electron chi connectivity index (χ4n) is 2.35. The van der Waals surface area contributed by atoms with Gasteiger partial charge in [0.15, 0.2) is 0 Å². The van der Waals surface area contributed by atoms with Gasteiger partial charge in [0, 0.05) is 6.04 Å². The van der Waals surface area contributed by atoms with Crippen molar-refractivity contribution in [1.82, 2.24) is 14.9 Å². The highest BCUT2D eigenvalue weighted by Gasteiger charge is 2.19. The van der Waals surface area contributed by atoms with Crippen LogP contribution < -0.4 is 5.32 Å². The van der Waals surface area contributed by atoms with E-state index in [1.165, 1.54) is 0 Å². The first-order valence-electron chi connectivity index (χ1n) is 6.89. The second-order valence-electron chi connectivity index (χ2n) is 5.31. The van der Waals surface area contributed by atoms with E-state index in [-0.39, 0.29) is 18.0 Å². The number of aliphatic hydroxyl groups is 1. The van der Waals surface area contributed by atoms with Gasteiger partial charge in [-0.15, -0.1) is 0 Å². The zero-order valence-corrected chi connectivity index (χ0v) is 12.1. The maximum absolute atomic E-state index is 12.2. The van der Waals surface area contributed by atoms with Gasteiger partial charge in [0.1, 0.15) is 6.04 Å². The molecule has 0 spiro atoms. The van der Waals surface area contributed by atoms with Gasteiger partial charge in [-0.1, -0.05) is 12.1 Å². The predicted molar refractivity (Wildman–Crippen MR) is 78.3 cm³/mol. The van der Waals surface area contributed by atoms with E-state index in [0.717, 1.165) is 11.0 Å². The highest BCUT2D eigenvalue weighted by atomic mass is 16.3. The number of para-hydroxylation sites is 2. The fraction of sp³-hybridized carbons (Fsp3) is 0.467. The molecule has 1 aromatic heterocycles. The van der Waals surface area contributed by atoms with Crippen molar-refractivity contribution in [2.24, 2.45) is 0 Å². The zero-order valence-electron chi connectivity index (χ0n) is 12.1. The van der Waals surface area contributed by atoms with Crippen molar-refractivity contribution in [3.63, 3.8) is 0 Å². The Labute approximate surface area is 118 Å². The summed E-state index contributed by atoms with van der Waals surface area (Å²) < 4.78 is 1.86. The number of fused-ring (bicyclic) bond motifs is 1. The molecule has 0 aliphatic carbocycles. The Bertz CT molecular complexity index is 592. The van der Waals surface area contributed by atoms with Crippen molar-refractivity contribution >= 4 is 16.9 Å². The van der Waals surface area contributed by atoms with Gasteiger partial charge in [-0.05, 0) is 39.3 Å². The number of hydrogen-bond acceptors (Lipinski definition) is 3. The Kier molecular flexibility index (Phi) is 4.39. The third-order valence-electron chi connectivity index (χ3n) is 3.36. The van der Waals surface area contributed by atoms with Crippen LogP contribution in [0.5, 0.6) is 0 Å². The van der Waals surface area contributed by atoms with Gasteiger partial charge >= 0.3 is 0 Å². The molecule has 2 aromatic rings. The summed E-state index contributed by atoms with van der Waals surface area (Å²) in [6, 6.07) is 7.34. The topological polar surface area (TPSA) is 67.2 Å². The normalized spacial score (nSPS) is 15.8. The molecule has 5 heteroatoms. The number of imidazole rings is 1. The molecule has 0 bridgehead atoms. The standard InChI is InChI=1S/C15H21N3O2/c1-10(8-11(2)19)17-15(20)12(3)18-9-16-13-6-4-5-7-14(13)18/h4-7,9-12,19H,8H2,1-3H3,(H,17,20). The smallest absolute Gasteiger partial charge is 0.243 e. The Morgan fingerprint density at radius 2 is 2.05 bits per heavy atom. The molecule has 3 atom stereocenters. The summed E-state index contributed by atoms with van der Waals surface area (Å²) in [5, 5.41) is 12.2. The van der Waals surface area contributed by atoms with Crippen LogP contribution in [0.1, 0.15) is 33.2 Å². The van der Waals surface area contributed by atoms with Gasteiger partial charge in [-0.2, -0.15) is 0 Å². The fourth-order valence-corrected chi connectivity index (χ4v) is 2.35. The molecule has 1 heterocycles. The number of amides is 1. The minimum atomic E-state index is -0.422. The molecule has 0 saturated heterocycles. The Morgan fingerprint density at radius 1 is 1.35 bits per heavy atom. The molecule has 1 aromatic carbocycles. The first kappa shape index (κ1) is 14.5. The van der Waals surface area contributed by atoms with E-state index < -0.39 is 6.10 Å². The lowest BCUT2D eigenvalue weighted by molar-refractivity contribution is -0.124. The number of carbonyl (C=O) groups is 1. The van der Waals surface area contributed by atoms with E-state index in [1.807, 2.05) is 42.7 Å². The van der Waals surface area contributed by atoms with Gasteiger partial charge in [0.05, 0.1) is 23.5 Å². The van der Waals surface area contributed by atoms with Crippen LogP contribution >= 0.6 is 0 Å². The molecular formula is C15H21N3O2. The zero-order chi connectivity index (χ0) is 14.7. The van der Waals surface area contributed by atoms with E-state index in [9.17, 15) is 9.90 Å². The van der Waals surface area contributed by atoms with Gasteiger partial charge in [-0.25, -0.2) is 4.98 Å². The van der Waals surface area contributed by atoms with Crippen LogP contribution in [0.4, 0.5) is 0 Å². The molecule has 0 radical (unpaired) electrons. The van der Waals surface area contributed by atoms with Gasteiger partial charge in [-0.3, -0.25) is 4.79 Å². The van der Waals surface area contributed by atoms with Crippen LogP contribution in [0.15, 0.2) is 30.6 Å². The van der Waals surface area contributed by atoms with Crippen LogP contribution in [0, 0.1) is 0 Å². The molecule has 0 fully saturated rings. The number of nitrogens with one attached hydrogen (secondary N) is 1. The van der Waals surface area contributed by atoms with Crippen LogP contribution in [0.3, 0.4) is 0 Å². The number of aliphatic hydroxyl groups excluding tert-OH is 1. The van der Waals surface area contributed by atoms with Crippen molar-refractivity contribution in [3.8, 4) is 0 Å². The molecule has 2 N–H and O–H groups in total. The Morgan fingerprint density at radius 3 is 2.75 bits per heavy atom. The first-order valence-corrected chi connectivity index (χ1v) is 6.89. The van der Waals surface area contributed by atoms with E-state index in [0.29, 0.717) is 6.42 Å². The van der Waals surface area contributed by atoms with Gasteiger partial charge in [0.25, 0.3) is 0 Å².